The molecule has 1 fully saturated rings. The Balaban J connectivity index is 1.88. The third-order valence-electron chi connectivity index (χ3n) is 3.57. The molecular weight excluding hydrogens is 220 g/mol. The Bertz CT molecular complexity index is 563. The predicted octanol–water partition coefficient (Wildman–Crippen LogP) is 3.52. The van der Waals surface area contributed by atoms with Crippen LogP contribution >= 0.6 is 0 Å². The molecule has 0 saturated carbocycles. The third kappa shape index (κ3) is 2.12. The zero-order valence-corrected chi connectivity index (χ0v) is 10.4. The van der Waals surface area contributed by atoms with Gasteiger partial charge in [0.05, 0.1) is 0 Å². The molecule has 2 heteroatoms. The van der Waals surface area contributed by atoms with Gasteiger partial charge in [0.15, 0.2) is 0 Å². The van der Waals surface area contributed by atoms with Gasteiger partial charge in [-0.25, -0.2) is 0 Å². The molecule has 0 bridgehead atoms. The summed E-state index contributed by atoms with van der Waals surface area (Å²) < 4.78 is 0. The van der Waals surface area contributed by atoms with Crippen LogP contribution in [0.1, 0.15) is 12.8 Å². The second kappa shape index (κ2) is 4.83. The van der Waals surface area contributed by atoms with Crippen molar-refractivity contribution in [2.45, 2.75) is 18.9 Å². The maximum atomic E-state index is 4.17. The molecule has 1 aliphatic heterocycles. The van der Waals surface area contributed by atoms with Crippen molar-refractivity contribution in [3.8, 4) is 0 Å². The van der Waals surface area contributed by atoms with Crippen molar-refractivity contribution in [3.05, 3.63) is 54.7 Å². The number of fused-ring (bicyclic) bond motifs is 1. The smallest absolute Gasteiger partial charge is 0.0467 e. The van der Waals surface area contributed by atoms with E-state index >= 15 is 0 Å². The number of rotatable bonds is 3. The zero-order valence-electron chi connectivity index (χ0n) is 10.4. The van der Waals surface area contributed by atoms with Gasteiger partial charge >= 0.3 is 0 Å². The highest BCUT2D eigenvalue weighted by Gasteiger charge is 2.17. The molecule has 0 amide bonds. The van der Waals surface area contributed by atoms with Crippen LogP contribution in [0, 0.1) is 0 Å². The summed E-state index contributed by atoms with van der Waals surface area (Å²) >= 11 is 0. The minimum atomic E-state index is 0.406. The molecule has 1 heterocycles. The Hall–Kier alpha value is -1.80. The van der Waals surface area contributed by atoms with E-state index in [-0.39, 0.29) is 0 Å². The lowest BCUT2D eigenvalue weighted by molar-refractivity contribution is 0.695. The predicted molar refractivity (Wildman–Crippen MR) is 77.7 cm³/mol. The van der Waals surface area contributed by atoms with E-state index in [0.717, 1.165) is 17.9 Å². The van der Waals surface area contributed by atoms with Gasteiger partial charge in [0, 0.05) is 22.8 Å². The molecule has 18 heavy (non-hydrogen) atoms. The fraction of sp³-hybridized carbons (Fsp3) is 0.250. The van der Waals surface area contributed by atoms with Crippen LogP contribution in [0.5, 0.6) is 0 Å². The standard InChI is InChI=1S/C16H18N2/c1-12(15-10-5-11-17-15)18-16-9-4-7-13-6-2-3-8-14(13)16/h2-4,6-9,15,17-18H,1,5,10-11H2/t15-/m0/s1. The van der Waals surface area contributed by atoms with E-state index in [1.165, 1.54) is 23.6 Å². The van der Waals surface area contributed by atoms with Gasteiger partial charge in [0.25, 0.3) is 0 Å². The van der Waals surface area contributed by atoms with Gasteiger partial charge in [-0.15, -0.1) is 0 Å². The van der Waals surface area contributed by atoms with Crippen LogP contribution in [0.4, 0.5) is 5.69 Å². The van der Waals surface area contributed by atoms with E-state index in [9.17, 15) is 0 Å². The van der Waals surface area contributed by atoms with E-state index < -0.39 is 0 Å². The number of hydrogen-bond donors (Lipinski definition) is 2. The van der Waals surface area contributed by atoms with Crippen molar-refractivity contribution in [2.75, 3.05) is 11.9 Å². The summed E-state index contributed by atoms with van der Waals surface area (Å²) in [6, 6.07) is 15.2. The van der Waals surface area contributed by atoms with Gasteiger partial charge in [-0.3, -0.25) is 0 Å². The van der Waals surface area contributed by atoms with Crippen molar-refractivity contribution in [1.82, 2.24) is 5.32 Å². The quantitative estimate of drug-likeness (QED) is 0.855. The van der Waals surface area contributed by atoms with Crippen LogP contribution in [0.15, 0.2) is 54.7 Å². The average Bonchev–Trinajstić information content (AvgIpc) is 2.93. The molecule has 2 nitrogen and oxygen atoms in total. The zero-order chi connectivity index (χ0) is 12.4. The highest BCUT2D eigenvalue weighted by atomic mass is 15.0. The number of nitrogens with one attached hydrogen (secondary N) is 2. The second-order valence-electron chi connectivity index (χ2n) is 4.83. The highest BCUT2D eigenvalue weighted by Crippen LogP contribution is 2.25. The van der Waals surface area contributed by atoms with Crippen molar-refractivity contribution in [3.63, 3.8) is 0 Å². The molecular formula is C16H18N2. The van der Waals surface area contributed by atoms with Crippen molar-refractivity contribution in [1.29, 1.82) is 0 Å². The summed E-state index contributed by atoms with van der Waals surface area (Å²) in [5.74, 6) is 0. The molecule has 2 aromatic carbocycles. The first-order chi connectivity index (χ1) is 8.84. The number of hydrogen-bond acceptors (Lipinski definition) is 2. The molecule has 0 aliphatic carbocycles. The summed E-state index contributed by atoms with van der Waals surface area (Å²) in [4.78, 5) is 0. The SMILES string of the molecule is C=C(Nc1cccc2ccccc12)[C@@H]1CCCN1. The largest absolute Gasteiger partial charge is 0.358 e. The Kier molecular flexibility index (Phi) is 3.03. The summed E-state index contributed by atoms with van der Waals surface area (Å²) in [7, 11) is 0. The van der Waals surface area contributed by atoms with E-state index in [1.54, 1.807) is 0 Å². The molecule has 0 spiro atoms. The fourth-order valence-electron chi connectivity index (χ4n) is 2.58. The van der Waals surface area contributed by atoms with Gasteiger partial charge in [0.1, 0.15) is 0 Å². The van der Waals surface area contributed by atoms with E-state index in [2.05, 4.69) is 59.7 Å². The molecule has 92 valence electrons. The summed E-state index contributed by atoms with van der Waals surface area (Å²) in [6.07, 6.45) is 2.41. The minimum absolute atomic E-state index is 0.406. The lowest BCUT2D eigenvalue weighted by atomic mass is 10.1. The molecule has 1 saturated heterocycles. The summed E-state index contributed by atoms with van der Waals surface area (Å²) in [5, 5.41) is 9.44. The van der Waals surface area contributed by atoms with Crippen LogP contribution < -0.4 is 10.6 Å². The Morgan fingerprint density at radius 3 is 2.83 bits per heavy atom. The van der Waals surface area contributed by atoms with Gasteiger partial charge in [-0.1, -0.05) is 43.0 Å². The molecule has 0 radical (unpaired) electrons. The van der Waals surface area contributed by atoms with Crippen LogP contribution in [0.3, 0.4) is 0 Å². The number of anilines is 1. The first-order valence-corrected chi connectivity index (χ1v) is 6.51. The Labute approximate surface area is 108 Å². The van der Waals surface area contributed by atoms with E-state index in [1.807, 2.05) is 0 Å². The maximum Gasteiger partial charge on any atom is 0.0467 e. The van der Waals surface area contributed by atoms with Crippen LogP contribution in [-0.4, -0.2) is 12.6 Å². The first kappa shape index (κ1) is 11.3. The highest BCUT2D eigenvalue weighted by molar-refractivity contribution is 5.94. The Morgan fingerprint density at radius 2 is 2.00 bits per heavy atom. The summed E-state index contributed by atoms with van der Waals surface area (Å²) in [5.41, 5.74) is 2.22. The summed E-state index contributed by atoms with van der Waals surface area (Å²) in [6.45, 7) is 5.26. The van der Waals surface area contributed by atoms with E-state index in [0.29, 0.717) is 6.04 Å². The first-order valence-electron chi connectivity index (χ1n) is 6.51. The molecule has 0 aromatic heterocycles. The lowest BCUT2D eigenvalue weighted by Crippen LogP contribution is -2.26. The Morgan fingerprint density at radius 1 is 1.17 bits per heavy atom. The molecule has 0 unspecified atom stereocenters. The fourth-order valence-corrected chi connectivity index (χ4v) is 2.58. The third-order valence-corrected chi connectivity index (χ3v) is 3.57. The van der Waals surface area contributed by atoms with Gasteiger partial charge in [-0.2, -0.15) is 0 Å². The average molecular weight is 238 g/mol. The van der Waals surface area contributed by atoms with Crippen LogP contribution in [0.25, 0.3) is 10.8 Å². The topological polar surface area (TPSA) is 24.1 Å². The maximum absolute atomic E-state index is 4.17. The molecule has 2 aromatic rings. The monoisotopic (exact) mass is 238 g/mol. The van der Waals surface area contributed by atoms with Crippen molar-refractivity contribution >= 4 is 16.5 Å². The van der Waals surface area contributed by atoms with Crippen molar-refractivity contribution in [2.24, 2.45) is 0 Å². The van der Waals surface area contributed by atoms with Crippen molar-refractivity contribution < 1.29 is 0 Å². The molecule has 2 N–H and O–H groups in total. The second-order valence-corrected chi connectivity index (χ2v) is 4.83. The van der Waals surface area contributed by atoms with Gasteiger partial charge < -0.3 is 10.6 Å². The normalized spacial score (nSPS) is 19.0. The lowest BCUT2D eigenvalue weighted by Gasteiger charge is -2.17. The van der Waals surface area contributed by atoms with Crippen LogP contribution in [-0.2, 0) is 0 Å². The molecule has 1 aliphatic rings. The minimum Gasteiger partial charge on any atom is -0.358 e. The van der Waals surface area contributed by atoms with E-state index in [4.69, 9.17) is 0 Å². The molecule has 1 atom stereocenters. The van der Waals surface area contributed by atoms with Gasteiger partial charge in [-0.05, 0) is 30.8 Å². The van der Waals surface area contributed by atoms with Crippen LogP contribution in [0.2, 0.25) is 0 Å². The number of benzene rings is 2. The van der Waals surface area contributed by atoms with Gasteiger partial charge in [0.2, 0.25) is 0 Å². The molecule has 3 rings (SSSR count).